The van der Waals surface area contributed by atoms with Crippen LogP contribution in [0.2, 0.25) is 0 Å². The molecule has 2 aromatic rings. The zero-order valence-corrected chi connectivity index (χ0v) is 19.8. The molecule has 1 heterocycles. The first-order valence-electron chi connectivity index (χ1n) is 10.9. The van der Waals surface area contributed by atoms with Gasteiger partial charge in [0.1, 0.15) is 6.04 Å². The number of aryl methyl sites for hydroxylation is 2. The molecular formula is C24H31N3O4S. The summed E-state index contributed by atoms with van der Waals surface area (Å²) in [6, 6.07) is 10.9. The van der Waals surface area contributed by atoms with E-state index >= 15 is 0 Å². The first-order chi connectivity index (χ1) is 15.1. The van der Waals surface area contributed by atoms with Gasteiger partial charge >= 0.3 is 0 Å². The van der Waals surface area contributed by atoms with Crippen LogP contribution in [0.4, 0.5) is 5.69 Å². The second-order valence-electron chi connectivity index (χ2n) is 8.41. The molecule has 7 nitrogen and oxygen atoms in total. The van der Waals surface area contributed by atoms with Crippen molar-refractivity contribution in [2.75, 3.05) is 11.3 Å². The molecule has 0 aliphatic carbocycles. The fourth-order valence-electron chi connectivity index (χ4n) is 3.70. The molecule has 1 saturated heterocycles. The number of sulfonamides is 1. The minimum Gasteiger partial charge on any atom is -0.352 e. The van der Waals surface area contributed by atoms with Gasteiger partial charge < -0.3 is 10.2 Å². The lowest BCUT2D eigenvalue weighted by Crippen LogP contribution is -2.48. The summed E-state index contributed by atoms with van der Waals surface area (Å²) < 4.78 is 28.2. The maximum Gasteiger partial charge on any atom is 0.261 e. The third-order valence-electron chi connectivity index (χ3n) is 5.97. The molecule has 8 heteroatoms. The molecule has 0 spiro atoms. The Labute approximate surface area is 190 Å². The van der Waals surface area contributed by atoms with Crippen molar-refractivity contribution >= 4 is 27.5 Å². The molecule has 0 aromatic heterocycles. The van der Waals surface area contributed by atoms with E-state index in [9.17, 15) is 18.0 Å². The van der Waals surface area contributed by atoms with Crippen LogP contribution in [0, 0.1) is 13.8 Å². The highest BCUT2D eigenvalue weighted by Crippen LogP contribution is 2.24. The third-order valence-corrected chi connectivity index (χ3v) is 7.35. The molecule has 32 heavy (non-hydrogen) atoms. The summed E-state index contributed by atoms with van der Waals surface area (Å²) in [5.41, 5.74) is 2.53. The van der Waals surface area contributed by atoms with E-state index in [-0.39, 0.29) is 22.8 Å². The third kappa shape index (κ3) is 5.30. The van der Waals surface area contributed by atoms with E-state index in [2.05, 4.69) is 10.0 Å². The summed E-state index contributed by atoms with van der Waals surface area (Å²) in [4.78, 5) is 27.5. The Kier molecular flexibility index (Phi) is 7.23. The van der Waals surface area contributed by atoms with Gasteiger partial charge in [-0.2, -0.15) is 0 Å². The number of rotatable bonds is 7. The predicted octanol–water partition coefficient (Wildman–Crippen LogP) is 3.62. The lowest BCUT2D eigenvalue weighted by Gasteiger charge is -2.25. The first-order valence-corrected chi connectivity index (χ1v) is 12.4. The molecule has 1 fully saturated rings. The van der Waals surface area contributed by atoms with Gasteiger partial charge in [0.25, 0.3) is 15.9 Å². The number of hydrogen-bond acceptors (Lipinski definition) is 4. The van der Waals surface area contributed by atoms with E-state index < -0.39 is 16.1 Å². The predicted molar refractivity (Wildman–Crippen MR) is 125 cm³/mol. The van der Waals surface area contributed by atoms with Crippen LogP contribution in [-0.4, -0.2) is 43.8 Å². The Morgan fingerprint density at radius 1 is 1.12 bits per heavy atom. The quantitative estimate of drug-likeness (QED) is 0.664. The van der Waals surface area contributed by atoms with E-state index in [1.807, 2.05) is 27.7 Å². The number of nitrogens with zero attached hydrogens (tertiary/aromatic N) is 1. The van der Waals surface area contributed by atoms with Gasteiger partial charge in [-0.1, -0.05) is 19.1 Å². The number of anilines is 1. The SMILES string of the molecule is CC[C@H](C)NC(=O)[C@@H]1CCCN1C(=O)c1cccc(NS(=O)(=O)c2ccc(C)c(C)c2)c1. The molecule has 2 aromatic carbocycles. The van der Waals surface area contributed by atoms with Crippen LogP contribution in [0.1, 0.15) is 54.6 Å². The molecule has 1 aliphatic rings. The standard InChI is InChI=1S/C24H31N3O4S/c1-5-18(4)25-23(28)22-10-7-13-27(22)24(29)19-8-6-9-20(15-19)26-32(30,31)21-12-11-16(2)17(3)14-21/h6,8-9,11-12,14-15,18,22,26H,5,7,10,13H2,1-4H3,(H,25,28)/t18-,22-/m0/s1. The monoisotopic (exact) mass is 457 g/mol. The minimum absolute atomic E-state index is 0.0446. The maximum atomic E-state index is 13.2. The van der Waals surface area contributed by atoms with E-state index in [1.165, 1.54) is 6.07 Å². The van der Waals surface area contributed by atoms with Crippen LogP contribution in [0.5, 0.6) is 0 Å². The number of benzene rings is 2. The van der Waals surface area contributed by atoms with Crippen molar-refractivity contribution in [1.29, 1.82) is 0 Å². The Balaban J connectivity index is 1.78. The average Bonchev–Trinajstić information content (AvgIpc) is 3.25. The first kappa shape index (κ1) is 23.8. The van der Waals surface area contributed by atoms with Crippen LogP contribution >= 0.6 is 0 Å². The Hall–Kier alpha value is -2.87. The summed E-state index contributed by atoms with van der Waals surface area (Å²) in [7, 11) is -3.79. The number of likely N-dealkylation sites (tertiary alicyclic amines) is 1. The van der Waals surface area contributed by atoms with Gasteiger partial charge in [0.2, 0.25) is 5.91 Å². The largest absolute Gasteiger partial charge is 0.352 e. The second kappa shape index (κ2) is 9.73. The molecule has 2 atom stereocenters. The van der Waals surface area contributed by atoms with Gasteiger partial charge in [-0.25, -0.2) is 8.42 Å². The molecule has 0 radical (unpaired) electrons. The number of carbonyl (C=O) groups is 2. The van der Waals surface area contributed by atoms with Crippen molar-refractivity contribution in [2.45, 2.75) is 63.9 Å². The zero-order chi connectivity index (χ0) is 23.5. The lowest BCUT2D eigenvalue weighted by atomic mass is 10.1. The van der Waals surface area contributed by atoms with Gasteiger partial charge in [-0.05, 0) is 81.5 Å². The molecule has 2 amide bonds. The van der Waals surface area contributed by atoms with Crippen molar-refractivity contribution in [3.05, 3.63) is 59.2 Å². The van der Waals surface area contributed by atoms with Crippen LogP contribution < -0.4 is 10.0 Å². The van der Waals surface area contributed by atoms with Crippen LogP contribution in [0.3, 0.4) is 0 Å². The highest BCUT2D eigenvalue weighted by Gasteiger charge is 2.35. The lowest BCUT2D eigenvalue weighted by molar-refractivity contribution is -0.125. The van der Waals surface area contributed by atoms with E-state index in [0.29, 0.717) is 24.2 Å². The molecule has 2 N–H and O–H groups in total. The van der Waals surface area contributed by atoms with Gasteiger partial charge in [0.15, 0.2) is 0 Å². The van der Waals surface area contributed by atoms with Crippen molar-refractivity contribution in [1.82, 2.24) is 10.2 Å². The van der Waals surface area contributed by atoms with Crippen molar-refractivity contribution in [3.63, 3.8) is 0 Å². The Bertz CT molecular complexity index is 1110. The van der Waals surface area contributed by atoms with Gasteiger partial charge in [-0.15, -0.1) is 0 Å². The summed E-state index contributed by atoms with van der Waals surface area (Å²) in [6.07, 6.45) is 2.19. The molecule has 0 saturated carbocycles. The fraction of sp³-hybridized carbons (Fsp3) is 0.417. The van der Waals surface area contributed by atoms with Gasteiger partial charge in [0.05, 0.1) is 4.90 Å². The average molecular weight is 458 g/mol. The number of hydrogen-bond donors (Lipinski definition) is 2. The molecule has 172 valence electrons. The summed E-state index contributed by atoms with van der Waals surface area (Å²) >= 11 is 0. The zero-order valence-electron chi connectivity index (χ0n) is 19.0. The highest BCUT2D eigenvalue weighted by molar-refractivity contribution is 7.92. The summed E-state index contributed by atoms with van der Waals surface area (Å²) in [5.74, 6) is -0.421. The Morgan fingerprint density at radius 3 is 2.56 bits per heavy atom. The van der Waals surface area contributed by atoms with E-state index in [0.717, 1.165) is 24.0 Å². The molecule has 1 aliphatic heterocycles. The van der Waals surface area contributed by atoms with E-state index in [4.69, 9.17) is 0 Å². The highest BCUT2D eigenvalue weighted by atomic mass is 32.2. The van der Waals surface area contributed by atoms with E-state index in [1.54, 1.807) is 41.3 Å². The van der Waals surface area contributed by atoms with Crippen LogP contribution in [0.15, 0.2) is 47.4 Å². The normalized spacial score (nSPS) is 17.1. The van der Waals surface area contributed by atoms with Crippen molar-refractivity contribution in [2.24, 2.45) is 0 Å². The van der Waals surface area contributed by atoms with Gasteiger partial charge in [0, 0.05) is 23.8 Å². The van der Waals surface area contributed by atoms with Crippen LogP contribution in [-0.2, 0) is 14.8 Å². The fourth-order valence-corrected chi connectivity index (χ4v) is 4.83. The number of nitrogens with one attached hydrogen (secondary N) is 2. The van der Waals surface area contributed by atoms with Gasteiger partial charge in [-0.3, -0.25) is 14.3 Å². The van der Waals surface area contributed by atoms with Crippen molar-refractivity contribution in [3.8, 4) is 0 Å². The van der Waals surface area contributed by atoms with Crippen LogP contribution in [0.25, 0.3) is 0 Å². The maximum absolute atomic E-state index is 13.2. The minimum atomic E-state index is -3.79. The molecular weight excluding hydrogens is 426 g/mol. The smallest absolute Gasteiger partial charge is 0.261 e. The topological polar surface area (TPSA) is 95.6 Å². The Morgan fingerprint density at radius 2 is 1.88 bits per heavy atom. The second-order valence-corrected chi connectivity index (χ2v) is 10.1. The summed E-state index contributed by atoms with van der Waals surface area (Å²) in [6.45, 7) is 8.20. The molecule has 0 bridgehead atoms. The molecule has 0 unspecified atom stereocenters. The number of amides is 2. The van der Waals surface area contributed by atoms with Crippen molar-refractivity contribution < 1.29 is 18.0 Å². The summed E-state index contributed by atoms with van der Waals surface area (Å²) in [5, 5.41) is 2.95. The molecule has 3 rings (SSSR count). The number of carbonyl (C=O) groups excluding carboxylic acids is 2.